The van der Waals surface area contributed by atoms with Crippen LogP contribution in [-0.4, -0.2) is 31.3 Å². The quantitative estimate of drug-likeness (QED) is 0.192. The van der Waals surface area contributed by atoms with Crippen molar-refractivity contribution in [2.45, 2.75) is 6.92 Å². The molecule has 1 heterocycles. The number of halogens is 2. The highest BCUT2D eigenvalue weighted by atomic mass is 35.5. The fourth-order valence-electron chi connectivity index (χ4n) is 2.44. The lowest BCUT2D eigenvalue weighted by Crippen LogP contribution is -2.24. The molecule has 1 aromatic heterocycles. The van der Waals surface area contributed by atoms with Crippen molar-refractivity contribution in [1.29, 1.82) is 0 Å². The number of nitrogens with one attached hydrogen (secondary N) is 1. The van der Waals surface area contributed by atoms with E-state index in [9.17, 15) is 9.59 Å². The van der Waals surface area contributed by atoms with E-state index < -0.39 is 11.9 Å². The minimum absolute atomic E-state index is 0.290. The second-order valence-electron chi connectivity index (χ2n) is 6.16. The monoisotopic (exact) mass is 492 g/mol. The van der Waals surface area contributed by atoms with E-state index in [0.29, 0.717) is 44.3 Å². The van der Waals surface area contributed by atoms with Crippen LogP contribution >= 0.6 is 34.5 Å². The third kappa shape index (κ3) is 6.71. The molecule has 10 heteroatoms. The Labute approximate surface area is 198 Å². The van der Waals surface area contributed by atoms with Gasteiger partial charge in [-0.1, -0.05) is 29.3 Å². The van der Waals surface area contributed by atoms with Gasteiger partial charge in [0, 0.05) is 11.1 Å². The molecule has 7 nitrogen and oxygen atoms in total. The van der Waals surface area contributed by atoms with E-state index in [1.54, 1.807) is 47.8 Å². The second kappa shape index (κ2) is 11.5. The van der Waals surface area contributed by atoms with Gasteiger partial charge in [0.15, 0.2) is 18.1 Å². The lowest BCUT2D eigenvalue weighted by atomic mass is 10.2. The van der Waals surface area contributed by atoms with Crippen LogP contribution in [0.1, 0.15) is 22.2 Å². The predicted molar refractivity (Wildman–Crippen MR) is 125 cm³/mol. The van der Waals surface area contributed by atoms with Crippen molar-refractivity contribution in [2.24, 2.45) is 5.10 Å². The number of esters is 1. The number of carbonyl (C=O) groups is 2. The van der Waals surface area contributed by atoms with Crippen LogP contribution in [0.3, 0.4) is 0 Å². The Kier molecular flexibility index (Phi) is 8.49. The number of benzene rings is 2. The van der Waals surface area contributed by atoms with E-state index in [0.717, 1.165) is 0 Å². The maximum atomic E-state index is 12.2. The Hall–Kier alpha value is -3.07. The Bertz CT molecular complexity index is 1120. The fraction of sp³-hybridized carbons (Fsp3) is 0.136. The molecule has 32 heavy (non-hydrogen) atoms. The van der Waals surface area contributed by atoms with E-state index in [1.165, 1.54) is 23.6 Å². The molecular formula is C22H18Cl2N2O5S. The van der Waals surface area contributed by atoms with Crippen LogP contribution in [0.5, 0.6) is 17.2 Å². The van der Waals surface area contributed by atoms with Crippen molar-refractivity contribution in [2.75, 3.05) is 13.2 Å². The van der Waals surface area contributed by atoms with Crippen molar-refractivity contribution in [1.82, 2.24) is 5.43 Å². The van der Waals surface area contributed by atoms with Gasteiger partial charge in [0.1, 0.15) is 10.6 Å². The Balaban J connectivity index is 1.58. The van der Waals surface area contributed by atoms with E-state index >= 15 is 0 Å². The van der Waals surface area contributed by atoms with Crippen LogP contribution in [-0.2, 0) is 4.79 Å². The zero-order valence-electron chi connectivity index (χ0n) is 16.8. The molecule has 0 radical (unpaired) electrons. The molecule has 3 aromatic rings. The van der Waals surface area contributed by atoms with Crippen LogP contribution in [0, 0.1) is 0 Å². The third-order valence-electron chi connectivity index (χ3n) is 3.85. The number of thiophene rings is 1. The highest BCUT2D eigenvalue weighted by Crippen LogP contribution is 2.29. The summed E-state index contributed by atoms with van der Waals surface area (Å²) in [5, 5.41) is 6.48. The summed E-state index contributed by atoms with van der Waals surface area (Å²) in [7, 11) is 0. The van der Waals surface area contributed by atoms with Crippen molar-refractivity contribution < 1.29 is 23.8 Å². The lowest BCUT2D eigenvalue weighted by Gasteiger charge is -2.11. The second-order valence-corrected chi connectivity index (χ2v) is 7.95. The van der Waals surface area contributed by atoms with Gasteiger partial charge in [0.05, 0.1) is 17.8 Å². The van der Waals surface area contributed by atoms with Crippen LogP contribution in [0.15, 0.2) is 59.0 Å². The van der Waals surface area contributed by atoms with Crippen LogP contribution in [0.4, 0.5) is 0 Å². The largest absolute Gasteiger partial charge is 0.490 e. The molecule has 1 amide bonds. The fourth-order valence-corrected chi connectivity index (χ4v) is 3.38. The molecule has 0 spiro atoms. The van der Waals surface area contributed by atoms with Crippen LogP contribution in [0.25, 0.3) is 0 Å². The van der Waals surface area contributed by atoms with E-state index in [4.69, 9.17) is 37.4 Å². The molecule has 0 aliphatic heterocycles. The normalized spacial score (nSPS) is 10.7. The summed E-state index contributed by atoms with van der Waals surface area (Å²) in [6, 6.07) is 13.1. The number of hydrogen-bond donors (Lipinski definition) is 1. The minimum atomic E-state index is -0.483. The highest BCUT2D eigenvalue weighted by Gasteiger charge is 2.14. The molecule has 166 valence electrons. The molecule has 0 unspecified atom stereocenters. The number of amides is 1. The first-order valence-corrected chi connectivity index (χ1v) is 11.0. The maximum Gasteiger partial charge on any atom is 0.353 e. The minimum Gasteiger partial charge on any atom is -0.490 e. The number of hydrogen-bond acceptors (Lipinski definition) is 7. The summed E-state index contributed by atoms with van der Waals surface area (Å²) in [4.78, 5) is 24.6. The molecule has 0 saturated heterocycles. The third-order valence-corrected chi connectivity index (χ3v) is 5.24. The standard InChI is InChI=1S/C22H18Cl2N2O5S/c1-2-29-19-10-14(5-8-17(19)31-22(28)20-4-3-9-32-20)12-25-26-21(27)13-30-18-11-15(23)6-7-16(18)24/h3-12H,2,13H2,1H3,(H,26,27)/b25-12-. The van der Waals surface area contributed by atoms with E-state index in [2.05, 4.69) is 10.5 Å². The molecular weight excluding hydrogens is 475 g/mol. The van der Waals surface area contributed by atoms with Gasteiger partial charge in [-0.2, -0.15) is 5.10 Å². The van der Waals surface area contributed by atoms with Gasteiger partial charge in [-0.05, 0) is 54.3 Å². The molecule has 0 fully saturated rings. The summed E-state index contributed by atoms with van der Waals surface area (Å²) in [5.74, 6) is 0.0236. The van der Waals surface area contributed by atoms with Gasteiger partial charge in [0.25, 0.3) is 5.91 Å². The Morgan fingerprint density at radius 3 is 2.66 bits per heavy atom. The molecule has 2 aromatic carbocycles. The molecule has 0 aliphatic rings. The first kappa shape index (κ1) is 23.6. The predicted octanol–water partition coefficient (Wildman–Crippen LogP) is 5.20. The van der Waals surface area contributed by atoms with Gasteiger partial charge in [-0.3, -0.25) is 4.79 Å². The van der Waals surface area contributed by atoms with Gasteiger partial charge in [-0.25, -0.2) is 10.2 Å². The van der Waals surface area contributed by atoms with Crippen LogP contribution < -0.4 is 19.6 Å². The van der Waals surface area contributed by atoms with Gasteiger partial charge >= 0.3 is 5.97 Å². The van der Waals surface area contributed by atoms with Gasteiger partial charge in [-0.15, -0.1) is 11.3 Å². The first-order chi connectivity index (χ1) is 15.5. The summed E-state index contributed by atoms with van der Waals surface area (Å²) < 4.78 is 16.3. The molecule has 0 aliphatic carbocycles. The molecule has 0 bridgehead atoms. The Morgan fingerprint density at radius 2 is 1.91 bits per heavy atom. The number of nitrogens with zero attached hydrogens (tertiary/aromatic N) is 1. The topological polar surface area (TPSA) is 86.2 Å². The average molecular weight is 493 g/mol. The highest BCUT2D eigenvalue weighted by molar-refractivity contribution is 7.12. The average Bonchev–Trinajstić information content (AvgIpc) is 3.31. The van der Waals surface area contributed by atoms with Gasteiger partial charge < -0.3 is 14.2 Å². The molecule has 1 N–H and O–H groups in total. The summed E-state index contributed by atoms with van der Waals surface area (Å²) in [6.07, 6.45) is 1.43. The smallest absolute Gasteiger partial charge is 0.353 e. The zero-order chi connectivity index (χ0) is 22.9. The molecule has 0 atom stereocenters. The van der Waals surface area contributed by atoms with E-state index in [-0.39, 0.29) is 6.61 Å². The SMILES string of the molecule is CCOc1cc(/C=N\NC(=O)COc2cc(Cl)ccc2Cl)ccc1OC(=O)c1cccs1. The Morgan fingerprint density at radius 1 is 1.06 bits per heavy atom. The number of carbonyl (C=O) groups excluding carboxylic acids is 2. The number of ether oxygens (including phenoxy) is 3. The molecule has 0 saturated carbocycles. The van der Waals surface area contributed by atoms with Crippen molar-refractivity contribution in [3.05, 3.63) is 74.4 Å². The number of rotatable bonds is 9. The summed E-state index contributed by atoms with van der Waals surface area (Å²) >= 11 is 13.2. The van der Waals surface area contributed by atoms with Crippen LogP contribution in [0.2, 0.25) is 10.0 Å². The summed E-state index contributed by atoms with van der Waals surface area (Å²) in [6.45, 7) is 1.90. The first-order valence-electron chi connectivity index (χ1n) is 9.38. The zero-order valence-corrected chi connectivity index (χ0v) is 19.2. The van der Waals surface area contributed by atoms with Crippen molar-refractivity contribution in [3.8, 4) is 17.2 Å². The summed E-state index contributed by atoms with van der Waals surface area (Å²) in [5.41, 5.74) is 2.99. The van der Waals surface area contributed by atoms with E-state index in [1.807, 2.05) is 6.92 Å². The molecule has 3 rings (SSSR count). The number of hydrazone groups is 1. The lowest BCUT2D eigenvalue weighted by molar-refractivity contribution is -0.123. The maximum absolute atomic E-state index is 12.2. The van der Waals surface area contributed by atoms with Gasteiger partial charge in [0.2, 0.25) is 0 Å². The van der Waals surface area contributed by atoms with Crippen molar-refractivity contribution >= 4 is 52.6 Å². The van der Waals surface area contributed by atoms with Crippen molar-refractivity contribution in [3.63, 3.8) is 0 Å².